The normalized spacial score (nSPS) is 32.5. The van der Waals surface area contributed by atoms with Gasteiger partial charge in [-0.05, 0) is 17.7 Å². The number of hydrogen-bond acceptors (Lipinski definition) is 4. The minimum absolute atomic E-state index is 0.172. The van der Waals surface area contributed by atoms with Crippen LogP contribution in [0.15, 0.2) is 28.7 Å². The third kappa shape index (κ3) is 2.14. The highest BCUT2D eigenvalue weighted by Crippen LogP contribution is 2.53. The van der Waals surface area contributed by atoms with Crippen LogP contribution < -0.4 is 11.5 Å². The van der Waals surface area contributed by atoms with Crippen LogP contribution in [-0.4, -0.2) is 32.0 Å². The summed E-state index contributed by atoms with van der Waals surface area (Å²) in [7, 11) is -3.17. The molecule has 17 heavy (non-hydrogen) atoms. The molecule has 4 N–H and O–H groups in total. The third-order valence-electron chi connectivity index (χ3n) is 3.35. The number of nitrogens with two attached hydrogens (primary N) is 2. The topological polar surface area (TPSA) is 86.2 Å². The van der Waals surface area contributed by atoms with Crippen LogP contribution in [0.1, 0.15) is 11.5 Å². The van der Waals surface area contributed by atoms with Crippen molar-refractivity contribution >= 4 is 25.8 Å². The first-order valence-corrected chi connectivity index (χ1v) is 7.99. The smallest absolute Gasteiger partial charge is 0.152 e. The Morgan fingerprint density at radius 1 is 1.35 bits per heavy atom. The maximum atomic E-state index is 11.7. The van der Waals surface area contributed by atoms with Crippen molar-refractivity contribution in [3.63, 3.8) is 0 Å². The van der Waals surface area contributed by atoms with E-state index in [-0.39, 0.29) is 12.5 Å². The average molecular weight is 319 g/mol. The Morgan fingerprint density at radius 3 is 2.24 bits per heavy atom. The van der Waals surface area contributed by atoms with Crippen LogP contribution in [0.3, 0.4) is 0 Å². The second-order valence-corrected chi connectivity index (χ2v) is 7.68. The molecule has 0 bridgehead atoms. The quantitative estimate of drug-likeness (QED) is 0.855. The molecule has 3 atom stereocenters. The predicted molar refractivity (Wildman–Crippen MR) is 71.5 cm³/mol. The molecule has 0 spiro atoms. The molecule has 0 aromatic heterocycles. The summed E-state index contributed by atoms with van der Waals surface area (Å²) in [5.41, 5.74) is 11.8. The molecule has 0 radical (unpaired) electrons. The number of sulfone groups is 1. The van der Waals surface area contributed by atoms with Crippen LogP contribution in [0, 0.1) is 0 Å². The first kappa shape index (κ1) is 13.0. The Labute approximate surface area is 109 Å². The van der Waals surface area contributed by atoms with Crippen molar-refractivity contribution in [2.45, 2.75) is 16.7 Å². The van der Waals surface area contributed by atoms with Gasteiger partial charge in [0.25, 0.3) is 0 Å². The van der Waals surface area contributed by atoms with E-state index in [9.17, 15) is 8.42 Å². The van der Waals surface area contributed by atoms with E-state index in [2.05, 4.69) is 15.9 Å². The van der Waals surface area contributed by atoms with Gasteiger partial charge in [-0.2, -0.15) is 0 Å². The van der Waals surface area contributed by atoms with Gasteiger partial charge in [-0.25, -0.2) is 8.42 Å². The van der Waals surface area contributed by atoms with Gasteiger partial charge in [-0.15, -0.1) is 0 Å². The molecule has 0 amide bonds. The average Bonchev–Trinajstić information content (AvgIpc) is 2.87. The largest absolute Gasteiger partial charge is 0.329 e. The Bertz CT molecular complexity index is 529. The van der Waals surface area contributed by atoms with E-state index >= 15 is 0 Å². The molecular weight excluding hydrogens is 304 g/mol. The summed E-state index contributed by atoms with van der Waals surface area (Å²) in [6, 6.07) is 7.53. The Morgan fingerprint density at radius 2 is 1.88 bits per heavy atom. The van der Waals surface area contributed by atoms with Crippen molar-refractivity contribution in [1.29, 1.82) is 0 Å². The SMILES string of the molecule is CS(=O)(=O)C1C(c2ccc(Br)cc2)C1(N)CN. The highest BCUT2D eigenvalue weighted by Gasteiger charge is 2.67. The number of hydrogen-bond donors (Lipinski definition) is 2. The molecule has 0 saturated heterocycles. The number of halogens is 1. The highest BCUT2D eigenvalue weighted by molar-refractivity contribution is 9.10. The van der Waals surface area contributed by atoms with Gasteiger partial charge in [0.1, 0.15) is 0 Å². The molecule has 1 saturated carbocycles. The molecule has 1 aliphatic carbocycles. The van der Waals surface area contributed by atoms with Gasteiger partial charge >= 0.3 is 0 Å². The standard InChI is InChI=1S/C11H15BrN2O2S/c1-17(15,16)10-9(11(10,14)6-13)7-2-4-8(12)5-3-7/h2-5,9-10H,6,13-14H2,1H3. The minimum atomic E-state index is -3.17. The maximum Gasteiger partial charge on any atom is 0.152 e. The summed E-state index contributed by atoms with van der Waals surface area (Å²) in [6.45, 7) is 0.172. The van der Waals surface area contributed by atoms with Gasteiger partial charge in [0.05, 0.1) is 10.8 Å². The highest BCUT2D eigenvalue weighted by atomic mass is 79.9. The summed E-state index contributed by atoms with van der Waals surface area (Å²) in [4.78, 5) is 0. The summed E-state index contributed by atoms with van der Waals surface area (Å²) in [6.07, 6.45) is 1.22. The van der Waals surface area contributed by atoms with E-state index in [1.165, 1.54) is 6.26 Å². The van der Waals surface area contributed by atoms with Gasteiger partial charge in [-0.3, -0.25) is 0 Å². The van der Waals surface area contributed by atoms with E-state index in [1.54, 1.807) is 0 Å². The van der Waals surface area contributed by atoms with Crippen LogP contribution in [-0.2, 0) is 9.84 Å². The van der Waals surface area contributed by atoms with E-state index in [1.807, 2.05) is 24.3 Å². The fraction of sp³-hybridized carbons (Fsp3) is 0.455. The van der Waals surface area contributed by atoms with E-state index < -0.39 is 20.6 Å². The lowest BCUT2D eigenvalue weighted by molar-refractivity contribution is 0.591. The maximum absolute atomic E-state index is 11.7. The Hall–Kier alpha value is -0.430. The lowest BCUT2D eigenvalue weighted by Crippen LogP contribution is -2.38. The molecule has 1 aliphatic rings. The Kier molecular flexibility index (Phi) is 3.10. The molecule has 1 fully saturated rings. The number of benzene rings is 1. The van der Waals surface area contributed by atoms with Crippen molar-refractivity contribution in [3.8, 4) is 0 Å². The molecule has 2 rings (SSSR count). The molecule has 1 aromatic carbocycles. The van der Waals surface area contributed by atoms with E-state index in [0.29, 0.717) is 0 Å². The monoisotopic (exact) mass is 318 g/mol. The van der Waals surface area contributed by atoms with Crippen LogP contribution >= 0.6 is 15.9 Å². The molecule has 3 unspecified atom stereocenters. The molecule has 0 aliphatic heterocycles. The molecule has 6 heteroatoms. The predicted octanol–water partition coefficient (Wildman–Crippen LogP) is 0.616. The fourth-order valence-corrected chi connectivity index (χ4v) is 4.60. The van der Waals surface area contributed by atoms with Gasteiger partial charge in [-0.1, -0.05) is 28.1 Å². The molecule has 0 heterocycles. The van der Waals surface area contributed by atoms with Crippen molar-refractivity contribution in [3.05, 3.63) is 34.3 Å². The van der Waals surface area contributed by atoms with E-state index in [4.69, 9.17) is 11.5 Å². The van der Waals surface area contributed by atoms with Crippen molar-refractivity contribution in [2.75, 3.05) is 12.8 Å². The van der Waals surface area contributed by atoms with Crippen molar-refractivity contribution < 1.29 is 8.42 Å². The first-order valence-electron chi connectivity index (χ1n) is 5.24. The van der Waals surface area contributed by atoms with E-state index in [0.717, 1.165) is 10.0 Å². The van der Waals surface area contributed by atoms with Crippen LogP contribution in [0.25, 0.3) is 0 Å². The summed E-state index contributed by atoms with van der Waals surface area (Å²) >= 11 is 3.34. The van der Waals surface area contributed by atoms with Crippen LogP contribution in [0.5, 0.6) is 0 Å². The molecule has 4 nitrogen and oxygen atoms in total. The number of rotatable bonds is 3. The van der Waals surface area contributed by atoms with Crippen LogP contribution in [0.4, 0.5) is 0 Å². The summed E-state index contributed by atoms with van der Waals surface area (Å²) in [5.74, 6) is -0.199. The van der Waals surface area contributed by atoms with Crippen LogP contribution in [0.2, 0.25) is 0 Å². The van der Waals surface area contributed by atoms with Gasteiger partial charge in [0, 0.05) is 23.2 Å². The lowest BCUT2D eigenvalue weighted by atomic mass is 10.1. The fourth-order valence-electron chi connectivity index (χ4n) is 2.47. The Balaban J connectivity index is 2.37. The summed E-state index contributed by atoms with van der Waals surface area (Å²) < 4.78 is 24.3. The minimum Gasteiger partial charge on any atom is -0.329 e. The van der Waals surface area contributed by atoms with Gasteiger partial charge in [0.2, 0.25) is 0 Å². The first-order chi connectivity index (χ1) is 7.80. The van der Waals surface area contributed by atoms with Crippen molar-refractivity contribution in [2.24, 2.45) is 11.5 Å². The third-order valence-corrected chi connectivity index (χ3v) is 5.51. The zero-order chi connectivity index (χ0) is 12.8. The molecule has 94 valence electrons. The second kappa shape index (κ2) is 4.05. The van der Waals surface area contributed by atoms with Gasteiger partial charge in [0.15, 0.2) is 9.84 Å². The zero-order valence-electron chi connectivity index (χ0n) is 9.43. The van der Waals surface area contributed by atoms with Gasteiger partial charge < -0.3 is 11.5 Å². The zero-order valence-corrected chi connectivity index (χ0v) is 11.8. The molecule has 1 aromatic rings. The summed E-state index contributed by atoms with van der Waals surface area (Å²) in [5, 5.41) is -0.568. The lowest BCUT2D eigenvalue weighted by Gasteiger charge is -2.07. The second-order valence-electron chi connectivity index (χ2n) is 4.60. The van der Waals surface area contributed by atoms with Crippen molar-refractivity contribution in [1.82, 2.24) is 0 Å². The molecular formula is C11H15BrN2O2S.